The first-order valence-electron chi connectivity index (χ1n) is 8.54. The van der Waals surface area contributed by atoms with Crippen LogP contribution < -0.4 is 10.6 Å². The Kier molecular flexibility index (Phi) is 3.75. The molecule has 1 saturated carbocycles. The fourth-order valence-electron chi connectivity index (χ4n) is 3.96. The first-order valence-corrected chi connectivity index (χ1v) is 10.4. The molecule has 2 heterocycles. The molecule has 0 radical (unpaired) electrons. The van der Waals surface area contributed by atoms with Crippen LogP contribution in [-0.2, 0) is 16.9 Å². The number of hydrogen-bond acceptors (Lipinski definition) is 5. The zero-order chi connectivity index (χ0) is 17.8. The fourth-order valence-corrected chi connectivity index (χ4v) is 4.59. The maximum Gasteiger partial charge on any atom is 0.343 e. The number of nitrogens with zero attached hydrogens (tertiary/aromatic N) is 3. The second kappa shape index (κ2) is 5.72. The molecule has 0 spiro atoms. The summed E-state index contributed by atoms with van der Waals surface area (Å²) in [5.41, 5.74) is 0.764. The van der Waals surface area contributed by atoms with Gasteiger partial charge in [0.2, 0.25) is 0 Å². The third kappa shape index (κ3) is 2.88. The predicted octanol–water partition coefficient (Wildman–Crippen LogP) is 1.49. The van der Waals surface area contributed by atoms with E-state index >= 15 is 0 Å². The second-order valence-electron chi connectivity index (χ2n) is 7.14. The maximum atomic E-state index is 11.8. The molecule has 0 amide bonds. The van der Waals surface area contributed by atoms with Crippen molar-refractivity contribution in [1.29, 1.82) is 0 Å². The summed E-state index contributed by atoms with van der Waals surface area (Å²) in [5.74, 6) is 1.92. The van der Waals surface area contributed by atoms with E-state index in [2.05, 4.69) is 15.1 Å². The second-order valence-corrected chi connectivity index (χ2v) is 9.16. The van der Waals surface area contributed by atoms with Crippen LogP contribution in [0.5, 0.6) is 0 Å². The van der Waals surface area contributed by atoms with Crippen LogP contribution in [0.3, 0.4) is 0 Å². The molecule has 0 bridgehead atoms. The molecule has 1 aliphatic heterocycles. The molecule has 2 aromatic rings. The van der Waals surface area contributed by atoms with Crippen molar-refractivity contribution in [3.8, 4) is 0 Å². The molecule has 7 nitrogen and oxygen atoms in total. The van der Waals surface area contributed by atoms with E-state index in [0.717, 1.165) is 24.5 Å². The van der Waals surface area contributed by atoms with Crippen LogP contribution in [0, 0.1) is 11.8 Å². The standard InChI is InChI=1S/C17H22N4O3S/c1-20-16(18-19-17(20)22)15-14(11-3-4-11)9-10-21(15)12-5-7-13(8-6-12)25(2,23)24/h5-8,11,14-15H,3-4,9-10H2,1-2H3,(H,19,22). The molecule has 2 atom stereocenters. The Balaban J connectivity index is 1.72. The van der Waals surface area contributed by atoms with E-state index in [1.807, 2.05) is 12.1 Å². The lowest BCUT2D eigenvalue weighted by Gasteiger charge is -2.29. The van der Waals surface area contributed by atoms with Crippen molar-refractivity contribution >= 4 is 15.5 Å². The number of hydrogen-bond donors (Lipinski definition) is 1. The Bertz CT molecular complexity index is 941. The van der Waals surface area contributed by atoms with Crippen molar-refractivity contribution in [2.45, 2.75) is 30.2 Å². The number of aromatic amines is 1. The van der Waals surface area contributed by atoms with Crippen LogP contribution in [0.4, 0.5) is 5.69 Å². The largest absolute Gasteiger partial charge is 0.361 e. The highest BCUT2D eigenvalue weighted by Crippen LogP contribution is 2.50. The summed E-state index contributed by atoms with van der Waals surface area (Å²) >= 11 is 0. The molecular formula is C17H22N4O3S. The minimum absolute atomic E-state index is 0.0422. The lowest BCUT2D eigenvalue weighted by molar-refractivity contribution is 0.406. The highest BCUT2D eigenvalue weighted by molar-refractivity contribution is 7.90. The molecule has 25 heavy (non-hydrogen) atoms. The van der Waals surface area contributed by atoms with E-state index in [1.165, 1.54) is 19.1 Å². The van der Waals surface area contributed by atoms with Gasteiger partial charge in [-0.25, -0.2) is 18.3 Å². The molecule has 1 aliphatic carbocycles. The minimum Gasteiger partial charge on any atom is -0.361 e. The molecule has 2 fully saturated rings. The van der Waals surface area contributed by atoms with Gasteiger partial charge in [-0.3, -0.25) is 4.57 Å². The average molecular weight is 362 g/mol. The van der Waals surface area contributed by atoms with Crippen molar-refractivity contribution in [3.05, 3.63) is 40.6 Å². The van der Waals surface area contributed by atoms with Gasteiger partial charge in [0.15, 0.2) is 15.7 Å². The first-order chi connectivity index (χ1) is 11.9. The van der Waals surface area contributed by atoms with Gasteiger partial charge in [-0.15, -0.1) is 0 Å². The number of H-pyrrole nitrogens is 1. The van der Waals surface area contributed by atoms with Gasteiger partial charge in [0.25, 0.3) is 0 Å². The number of anilines is 1. The van der Waals surface area contributed by atoms with E-state index in [9.17, 15) is 13.2 Å². The summed E-state index contributed by atoms with van der Waals surface area (Å²) in [7, 11) is -1.46. The Labute approximate surface area is 146 Å². The molecule has 1 aromatic heterocycles. The number of aromatic nitrogens is 3. The van der Waals surface area contributed by atoms with Crippen LogP contribution in [0.2, 0.25) is 0 Å². The van der Waals surface area contributed by atoms with Crippen LogP contribution in [-0.4, -0.2) is 36.0 Å². The van der Waals surface area contributed by atoms with E-state index in [1.54, 1.807) is 23.7 Å². The molecule has 4 rings (SSSR count). The highest BCUT2D eigenvalue weighted by atomic mass is 32.2. The van der Waals surface area contributed by atoms with E-state index in [0.29, 0.717) is 16.7 Å². The minimum atomic E-state index is -3.21. The first kappa shape index (κ1) is 16.4. The summed E-state index contributed by atoms with van der Waals surface area (Å²) in [6, 6.07) is 7.04. The lowest BCUT2D eigenvalue weighted by Crippen LogP contribution is -2.29. The summed E-state index contributed by atoms with van der Waals surface area (Å²) in [6.45, 7) is 0.880. The van der Waals surface area contributed by atoms with Crippen LogP contribution in [0.15, 0.2) is 34.0 Å². The molecular weight excluding hydrogens is 340 g/mol. The van der Waals surface area contributed by atoms with E-state index in [-0.39, 0.29) is 11.7 Å². The van der Waals surface area contributed by atoms with Gasteiger partial charge in [-0.2, -0.15) is 5.10 Å². The van der Waals surface area contributed by atoms with Crippen LogP contribution in [0.1, 0.15) is 31.1 Å². The number of rotatable bonds is 4. The topological polar surface area (TPSA) is 88.1 Å². The molecule has 1 saturated heterocycles. The summed E-state index contributed by atoms with van der Waals surface area (Å²) in [5, 5.41) is 6.82. The van der Waals surface area contributed by atoms with E-state index in [4.69, 9.17) is 0 Å². The Morgan fingerprint density at radius 2 is 1.84 bits per heavy atom. The Morgan fingerprint density at radius 3 is 2.36 bits per heavy atom. The van der Waals surface area contributed by atoms with Crippen LogP contribution >= 0.6 is 0 Å². The monoisotopic (exact) mass is 362 g/mol. The van der Waals surface area contributed by atoms with Gasteiger partial charge in [0, 0.05) is 25.5 Å². The third-order valence-electron chi connectivity index (χ3n) is 5.45. The summed E-state index contributed by atoms with van der Waals surface area (Å²) < 4.78 is 25.0. The number of sulfone groups is 1. The van der Waals surface area contributed by atoms with Crippen molar-refractivity contribution in [2.24, 2.45) is 18.9 Å². The van der Waals surface area contributed by atoms with Crippen molar-refractivity contribution in [1.82, 2.24) is 14.8 Å². The molecule has 1 N–H and O–H groups in total. The van der Waals surface area contributed by atoms with Gasteiger partial charge in [-0.1, -0.05) is 0 Å². The SMILES string of the molecule is Cn1c(C2C(C3CC3)CCN2c2ccc(S(C)(=O)=O)cc2)n[nH]c1=O. The van der Waals surface area contributed by atoms with Gasteiger partial charge in [0.05, 0.1) is 10.9 Å². The molecule has 1 aromatic carbocycles. The van der Waals surface area contributed by atoms with Gasteiger partial charge >= 0.3 is 5.69 Å². The zero-order valence-corrected chi connectivity index (χ0v) is 15.2. The average Bonchev–Trinajstić information content (AvgIpc) is 3.25. The summed E-state index contributed by atoms with van der Waals surface area (Å²) in [6.07, 6.45) is 4.74. The quantitative estimate of drug-likeness (QED) is 0.890. The van der Waals surface area contributed by atoms with E-state index < -0.39 is 9.84 Å². The van der Waals surface area contributed by atoms with Crippen molar-refractivity contribution in [3.63, 3.8) is 0 Å². The van der Waals surface area contributed by atoms with Gasteiger partial charge < -0.3 is 4.90 Å². The molecule has 8 heteroatoms. The van der Waals surface area contributed by atoms with Crippen molar-refractivity contribution in [2.75, 3.05) is 17.7 Å². The maximum absolute atomic E-state index is 11.8. The zero-order valence-electron chi connectivity index (χ0n) is 14.3. The summed E-state index contributed by atoms with van der Waals surface area (Å²) in [4.78, 5) is 14.4. The third-order valence-corrected chi connectivity index (χ3v) is 6.58. The predicted molar refractivity (Wildman–Crippen MR) is 94.3 cm³/mol. The molecule has 134 valence electrons. The number of nitrogens with one attached hydrogen (secondary N) is 1. The van der Waals surface area contributed by atoms with Gasteiger partial charge in [0.1, 0.15) is 0 Å². The smallest absolute Gasteiger partial charge is 0.343 e. The molecule has 2 aliphatic rings. The fraction of sp³-hybridized carbons (Fsp3) is 0.529. The molecule has 2 unspecified atom stereocenters. The van der Waals surface area contributed by atoms with Crippen LogP contribution in [0.25, 0.3) is 0 Å². The van der Waals surface area contributed by atoms with Gasteiger partial charge in [-0.05, 0) is 55.4 Å². The Morgan fingerprint density at radius 1 is 1.16 bits per heavy atom. The number of benzene rings is 1. The lowest BCUT2D eigenvalue weighted by atomic mass is 9.94. The van der Waals surface area contributed by atoms with Crippen molar-refractivity contribution < 1.29 is 8.42 Å². The highest BCUT2D eigenvalue weighted by Gasteiger charge is 2.45. The normalized spacial score (nSPS) is 24.0. The Hall–Kier alpha value is -2.09.